The molecular weight excluding hydrogens is 293 g/mol. The van der Waals surface area contributed by atoms with Gasteiger partial charge in [-0.25, -0.2) is 9.07 Å². The predicted octanol–water partition coefficient (Wildman–Crippen LogP) is 3.56. The molecule has 1 heterocycles. The zero-order valence-corrected chi connectivity index (χ0v) is 14.1. The van der Waals surface area contributed by atoms with Crippen LogP contribution in [0.15, 0.2) is 30.3 Å². The lowest BCUT2D eigenvalue weighted by atomic mass is 10.1. The van der Waals surface area contributed by atoms with Gasteiger partial charge in [-0.05, 0) is 65.0 Å². The molecule has 23 heavy (non-hydrogen) atoms. The Labute approximate surface area is 136 Å². The number of halogens is 1. The zero-order valence-electron chi connectivity index (χ0n) is 14.1. The van der Waals surface area contributed by atoms with Gasteiger partial charge in [0.2, 0.25) is 5.91 Å². The van der Waals surface area contributed by atoms with Crippen LogP contribution >= 0.6 is 0 Å². The maximum atomic E-state index is 13.0. The zero-order chi connectivity index (χ0) is 17.2. The van der Waals surface area contributed by atoms with E-state index in [0.717, 1.165) is 22.6 Å². The number of carbonyl (C=O) groups excluding carboxylic acids is 1. The van der Waals surface area contributed by atoms with Crippen LogP contribution in [0.5, 0.6) is 0 Å². The van der Waals surface area contributed by atoms with Gasteiger partial charge in [-0.15, -0.1) is 0 Å². The molecule has 4 nitrogen and oxygen atoms in total. The molecule has 0 aliphatic heterocycles. The first-order chi connectivity index (χ1) is 10.7. The van der Waals surface area contributed by atoms with E-state index in [1.54, 1.807) is 22.9 Å². The SMILES string of the molecule is Cc1nn(-c2ccc(F)cc2)c(C)c1C=CC(=O)NC(C)(C)C. The van der Waals surface area contributed by atoms with Crippen molar-refractivity contribution in [2.75, 3.05) is 0 Å². The van der Waals surface area contributed by atoms with Crippen molar-refractivity contribution in [1.29, 1.82) is 0 Å². The number of hydrogen-bond acceptors (Lipinski definition) is 2. The fraction of sp³-hybridized carbons (Fsp3) is 0.333. The fourth-order valence-electron chi connectivity index (χ4n) is 2.30. The third kappa shape index (κ3) is 4.28. The topological polar surface area (TPSA) is 46.9 Å². The molecule has 1 N–H and O–H groups in total. The maximum absolute atomic E-state index is 13.0. The highest BCUT2D eigenvalue weighted by Crippen LogP contribution is 2.19. The molecule has 2 aromatic rings. The molecule has 0 fully saturated rings. The molecule has 1 aromatic carbocycles. The van der Waals surface area contributed by atoms with Crippen LogP contribution in [-0.2, 0) is 4.79 Å². The summed E-state index contributed by atoms with van der Waals surface area (Å²) in [7, 11) is 0. The average molecular weight is 315 g/mol. The van der Waals surface area contributed by atoms with Crippen LogP contribution in [0.3, 0.4) is 0 Å². The lowest BCUT2D eigenvalue weighted by Gasteiger charge is -2.18. The number of rotatable bonds is 3. The molecular formula is C18H22FN3O. The lowest BCUT2D eigenvalue weighted by molar-refractivity contribution is -0.117. The van der Waals surface area contributed by atoms with E-state index in [4.69, 9.17) is 0 Å². The molecule has 0 atom stereocenters. The number of aryl methyl sites for hydroxylation is 1. The van der Waals surface area contributed by atoms with Crippen molar-refractivity contribution in [1.82, 2.24) is 15.1 Å². The van der Waals surface area contributed by atoms with Crippen molar-refractivity contribution >= 4 is 12.0 Å². The van der Waals surface area contributed by atoms with Crippen LogP contribution in [-0.4, -0.2) is 21.2 Å². The first-order valence-electron chi connectivity index (χ1n) is 7.50. The standard InChI is InChI=1S/C18H22FN3O/c1-12-16(10-11-17(23)20-18(3,4)5)13(2)22(21-12)15-8-6-14(19)7-9-15/h6-11H,1-5H3,(H,20,23). The van der Waals surface area contributed by atoms with E-state index in [0.29, 0.717) is 0 Å². The third-order valence-corrected chi connectivity index (χ3v) is 3.32. The van der Waals surface area contributed by atoms with Crippen LogP contribution in [0.2, 0.25) is 0 Å². The molecule has 5 heteroatoms. The molecule has 0 spiro atoms. The Morgan fingerprint density at radius 1 is 1.22 bits per heavy atom. The summed E-state index contributed by atoms with van der Waals surface area (Å²) in [6.07, 6.45) is 3.27. The van der Waals surface area contributed by atoms with E-state index in [1.807, 2.05) is 34.6 Å². The lowest BCUT2D eigenvalue weighted by Crippen LogP contribution is -2.39. The van der Waals surface area contributed by atoms with Crippen molar-refractivity contribution < 1.29 is 9.18 Å². The number of nitrogens with one attached hydrogen (secondary N) is 1. The molecule has 0 aliphatic rings. The first-order valence-corrected chi connectivity index (χ1v) is 7.50. The highest BCUT2D eigenvalue weighted by Gasteiger charge is 2.13. The number of nitrogens with zero attached hydrogens (tertiary/aromatic N) is 2. The third-order valence-electron chi connectivity index (χ3n) is 3.32. The van der Waals surface area contributed by atoms with Crippen LogP contribution in [0.4, 0.5) is 4.39 Å². The Morgan fingerprint density at radius 2 is 1.83 bits per heavy atom. The van der Waals surface area contributed by atoms with E-state index < -0.39 is 0 Å². The average Bonchev–Trinajstić information content (AvgIpc) is 2.71. The minimum absolute atomic E-state index is 0.147. The van der Waals surface area contributed by atoms with Crippen LogP contribution < -0.4 is 5.32 Å². The number of benzene rings is 1. The van der Waals surface area contributed by atoms with Gasteiger partial charge in [0.05, 0.1) is 11.4 Å². The minimum atomic E-state index is -0.283. The van der Waals surface area contributed by atoms with Crippen molar-refractivity contribution in [2.24, 2.45) is 0 Å². The molecule has 0 unspecified atom stereocenters. The van der Waals surface area contributed by atoms with Gasteiger partial charge in [0.25, 0.3) is 0 Å². The van der Waals surface area contributed by atoms with Gasteiger partial charge in [0, 0.05) is 22.9 Å². The fourth-order valence-corrected chi connectivity index (χ4v) is 2.30. The second-order valence-electron chi connectivity index (χ2n) is 6.55. The minimum Gasteiger partial charge on any atom is -0.348 e. The summed E-state index contributed by atoms with van der Waals surface area (Å²) >= 11 is 0. The van der Waals surface area contributed by atoms with Gasteiger partial charge in [-0.3, -0.25) is 4.79 Å². The van der Waals surface area contributed by atoms with E-state index in [2.05, 4.69) is 10.4 Å². The quantitative estimate of drug-likeness (QED) is 0.880. The molecule has 1 aromatic heterocycles. The number of aromatic nitrogens is 2. The van der Waals surface area contributed by atoms with E-state index in [-0.39, 0.29) is 17.3 Å². The van der Waals surface area contributed by atoms with Gasteiger partial charge >= 0.3 is 0 Å². The summed E-state index contributed by atoms with van der Waals surface area (Å²) in [6.45, 7) is 9.60. The smallest absolute Gasteiger partial charge is 0.244 e. The molecule has 0 bridgehead atoms. The Morgan fingerprint density at radius 3 is 2.39 bits per heavy atom. The Balaban J connectivity index is 2.28. The first kappa shape index (κ1) is 16.9. The largest absolute Gasteiger partial charge is 0.348 e. The van der Waals surface area contributed by atoms with Crippen LogP contribution in [0, 0.1) is 19.7 Å². The van der Waals surface area contributed by atoms with Crippen molar-refractivity contribution in [3.05, 3.63) is 53.1 Å². The monoisotopic (exact) mass is 315 g/mol. The second-order valence-corrected chi connectivity index (χ2v) is 6.55. The summed E-state index contributed by atoms with van der Waals surface area (Å²) in [5, 5.41) is 7.35. The summed E-state index contributed by atoms with van der Waals surface area (Å²) in [5.41, 5.74) is 3.11. The summed E-state index contributed by atoms with van der Waals surface area (Å²) in [6, 6.07) is 6.15. The predicted molar refractivity (Wildman–Crippen MR) is 89.9 cm³/mol. The second kappa shape index (κ2) is 6.36. The molecule has 0 saturated heterocycles. The highest BCUT2D eigenvalue weighted by molar-refractivity contribution is 5.92. The van der Waals surface area contributed by atoms with Gasteiger partial charge in [0.1, 0.15) is 5.82 Å². The van der Waals surface area contributed by atoms with Crippen LogP contribution in [0.1, 0.15) is 37.7 Å². The summed E-state index contributed by atoms with van der Waals surface area (Å²) < 4.78 is 14.8. The maximum Gasteiger partial charge on any atom is 0.244 e. The van der Waals surface area contributed by atoms with E-state index in [1.165, 1.54) is 18.2 Å². The molecule has 2 rings (SSSR count). The molecule has 122 valence electrons. The molecule has 0 saturated carbocycles. The van der Waals surface area contributed by atoms with E-state index in [9.17, 15) is 9.18 Å². The van der Waals surface area contributed by atoms with E-state index >= 15 is 0 Å². The van der Waals surface area contributed by atoms with Crippen molar-refractivity contribution in [3.63, 3.8) is 0 Å². The van der Waals surface area contributed by atoms with Gasteiger partial charge in [-0.1, -0.05) is 0 Å². The Bertz CT molecular complexity index is 737. The van der Waals surface area contributed by atoms with Gasteiger partial charge in [0.15, 0.2) is 0 Å². The number of hydrogen-bond donors (Lipinski definition) is 1. The molecule has 0 radical (unpaired) electrons. The van der Waals surface area contributed by atoms with Gasteiger partial charge in [-0.2, -0.15) is 5.10 Å². The van der Waals surface area contributed by atoms with Crippen molar-refractivity contribution in [2.45, 2.75) is 40.2 Å². The Kier molecular flexibility index (Phi) is 4.68. The Hall–Kier alpha value is -2.43. The normalized spacial score (nSPS) is 11.9. The number of amides is 1. The summed E-state index contributed by atoms with van der Waals surface area (Å²) in [5.74, 6) is -0.430. The number of carbonyl (C=O) groups is 1. The molecule has 0 aliphatic carbocycles. The van der Waals surface area contributed by atoms with Gasteiger partial charge < -0.3 is 5.32 Å². The van der Waals surface area contributed by atoms with Crippen LogP contribution in [0.25, 0.3) is 11.8 Å². The van der Waals surface area contributed by atoms with Crippen molar-refractivity contribution in [3.8, 4) is 5.69 Å². The highest BCUT2D eigenvalue weighted by atomic mass is 19.1. The molecule has 1 amide bonds. The summed E-state index contributed by atoms with van der Waals surface area (Å²) in [4.78, 5) is 11.9.